The highest BCUT2D eigenvalue weighted by Gasteiger charge is 2.24. The average Bonchev–Trinajstić information content (AvgIpc) is 2.87. The lowest BCUT2D eigenvalue weighted by Gasteiger charge is -2.18. The van der Waals surface area contributed by atoms with E-state index in [1.165, 1.54) is 17.2 Å². The summed E-state index contributed by atoms with van der Waals surface area (Å²) in [6.45, 7) is 6.55. The van der Waals surface area contributed by atoms with Crippen molar-refractivity contribution in [3.63, 3.8) is 0 Å². The first-order chi connectivity index (χ1) is 9.99. The summed E-state index contributed by atoms with van der Waals surface area (Å²) in [5, 5.41) is 0.457. The van der Waals surface area contributed by atoms with Gasteiger partial charge in [-0.3, -0.25) is 9.59 Å². The largest absolute Gasteiger partial charge is 0.358 e. The SMILES string of the molecule is CCCN(CC)C(=O)C(=O)c1c[nH]c2c(F)cc(C)cc12. The second-order valence-electron chi connectivity index (χ2n) is 5.09. The number of Topliss-reactive ketones (excluding diaryl/α,β-unsaturated/α-hetero) is 1. The molecule has 0 atom stereocenters. The Morgan fingerprint density at radius 2 is 2.00 bits per heavy atom. The van der Waals surface area contributed by atoms with Gasteiger partial charge in [-0.1, -0.05) is 6.92 Å². The maximum absolute atomic E-state index is 13.8. The monoisotopic (exact) mass is 290 g/mol. The number of aryl methyl sites for hydroxylation is 1. The number of benzene rings is 1. The van der Waals surface area contributed by atoms with Crippen molar-refractivity contribution in [3.8, 4) is 0 Å². The summed E-state index contributed by atoms with van der Waals surface area (Å²) in [6.07, 6.45) is 2.20. The van der Waals surface area contributed by atoms with Crippen LogP contribution in [-0.2, 0) is 4.79 Å². The lowest BCUT2D eigenvalue weighted by atomic mass is 10.1. The van der Waals surface area contributed by atoms with Crippen LogP contribution in [-0.4, -0.2) is 34.7 Å². The van der Waals surface area contributed by atoms with Gasteiger partial charge in [-0.25, -0.2) is 4.39 Å². The maximum Gasteiger partial charge on any atom is 0.295 e. The summed E-state index contributed by atoms with van der Waals surface area (Å²) in [4.78, 5) is 28.9. The predicted molar refractivity (Wildman–Crippen MR) is 79.9 cm³/mol. The van der Waals surface area contributed by atoms with Crippen LogP contribution in [0.4, 0.5) is 4.39 Å². The molecule has 0 aliphatic carbocycles. The van der Waals surface area contributed by atoms with Crippen LogP contribution in [0, 0.1) is 12.7 Å². The number of nitrogens with one attached hydrogen (secondary N) is 1. The minimum atomic E-state index is -0.596. The summed E-state index contributed by atoms with van der Waals surface area (Å²) in [5.74, 6) is -1.55. The van der Waals surface area contributed by atoms with E-state index >= 15 is 0 Å². The summed E-state index contributed by atoms with van der Waals surface area (Å²) < 4.78 is 13.8. The third-order valence-corrected chi connectivity index (χ3v) is 3.49. The number of hydrogen-bond acceptors (Lipinski definition) is 2. The summed E-state index contributed by atoms with van der Waals surface area (Å²) in [6, 6.07) is 3.11. The number of amides is 1. The number of H-pyrrole nitrogens is 1. The van der Waals surface area contributed by atoms with Crippen molar-refractivity contribution in [2.75, 3.05) is 13.1 Å². The highest BCUT2D eigenvalue weighted by Crippen LogP contribution is 2.23. The molecular formula is C16H19FN2O2. The van der Waals surface area contributed by atoms with Gasteiger partial charge in [0.1, 0.15) is 5.82 Å². The number of aromatic nitrogens is 1. The quantitative estimate of drug-likeness (QED) is 0.679. The molecule has 1 heterocycles. The van der Waals surface area contributed by atoms with Gasteiger partial charge in [-0.05, 0) is 38.0 Å². The minimum absolute atomic E-state index is 0.229. The first-order valence-electron chi connectivity index (χ1n) is 7.10. The van der Waals surface area contributed by atoms with Gasteiger partial charge in [-0.2, -0.15) is 0 Å². The van der Waals surface area contributed by atoms with Crippen molar-refractivity contribution in [1.82, 2.24) is 9.88 Å². The van der Waals surface area contributed by atoms with Crippen molar-refractivity contribution in [2.45, 2.75) is 27.2 Å². The molecule has 0 aliphatic heterocycles. The van der Waals surface area contributed by atoms with Crippen molar-refractivity contribution >= 4 is 22.6 Å². The van der Waals surface area contributed by atoms with Gasteiger partial charge in [0.15, 0.2) is 0 Å². The molecule has 0 radical (unpaired) electrons. The molecule has 1 aromatic carbocycles. The zero-order valence-corrected chi connectivity index (χ0v) is 12.5. The molecule has 2 rings (SSSR count). The van der Waals surface area contributed by atoms with Crippen LogP contribution in [0.25, 0.3) is 10.9 Å². The molecule has 1 N–H and O–H groups in total. The molecule has 21 heavy (non-hydrogen) atoms. The number of ketones is 1. The molecule has 1 aromatic heterocycles. The number of hydrogen-bond donors (Lipinski definition) is 1. The summed E-state index contributed by atoms with van der Waals surface area (Å²) in [5.41, 5.74) is 1.20. The van der Waals surface area contributed by atoms with Gasteiger partial charge >= 0.3 is 0 Å². The molecule has 2 aromatic rings. The standard InChI is InChI=1S/C16H19FN2O2/c1-4-6-19(5-2)16(21)15(20)12-9-18-14-11(12)7-10(3)8-13(14)17/h7-9,18H,4-6H2,1-3H3. The van der Waals surface area contributed by atoms with Gasteiger partial charge in [0.05, 0.1) is 11.1 Å². The molecule has 0 spiro atoms. The van der Waals surface area contributed by atoms with E-state index in [2.05, 4.69) is 4.98 Å². The van der Waals surface area contributed by atoms with Crippen LogP contribution >= 0.6 is 0 Å². The molecule has 0 bridgehead atoms. The number of halogens is 1. The highest BCUT2D eigenvalue weighted by molar-refractivity contribution is 6.44. The van der Waals surface area contributed by atoms with Gasteiger partial charge in [0, 0.05) is 24.7 Å². The summed E-state index contributed by atoms with van der Waals surface area (Å²) >= 11 is 0. The van der Waals surface area contributed by atoms with Crippen LogP contribution in [0.3, 0.4) is 0 Å². The Hall–Kier alpha value is -2.17. The molecule has 112 valence electrons. The Kier molecular flexibility index (Phi) is 4.40. The average molecular weight is 290 g/mol. The number of nitrogens with zero attached hydrogens (tertiary/aromatic N) is 1. The molecule has 0 unspecified atom stereocenters. The van der Waals surface area contributed by atoms with E-state index in [1.54, 1.807) is 13.0 Å². The molecular weight excluding hydrogens is 271 g/mol. The van der Waals surface area contributed by atoms with Crippen LogP contribution in [0.1, 0.15) is 36.2 Å². The Bertz CT molecular complexity index is 691. The van der Waals surface area contributed by atoms with Crippen molar-refractivity contribution in [2.24, 2.45) is 0 Å². The number of likely N-dealkylation sites (N-methyl/N-ethyl adjacent to an activating group) is 1. The zero-order chi connectivity index (χ0) is 15.6. The normalized spacial score (nSPS) is 10.9. The fourth-order valence-electron chi connectivity index (χ4n) is 2.44. The third-order valence-electron chi connectivity index (χ3n) is 3.49. The van der Waals surface area contributed by atoms with Crippen LogP contribution in [0.2, 0.25) is 0 Å². The second-order valence-corrected chi connectivity index (χ2v) is 5.09. The topological polar surface area (TPSA) is 53.2 Å². The lowest BCUT2D eigenvalue weighted by molar-refractivity contribution is -0.126. The predicted octanol–water partition coefficient (Wildman–Crippen LogP) is 3.06. The van der Waals surface area contributed by atoms with Crippen LogP contribution in [0.5, 0.6) is 0 Å². The van der Waals surface area contributed by atoms with Gasteiger partial charge in [-0.15, -0.1) is 0 Å². The summed E-state index contributed by atoms with van der Waals surface area (Å²) in [7, 11) is 0. The molecule has 0 saturated heterocycles. The van der Waals surface area contributed by atoms with Crippen LogP contribution in [0.15, 0.2) is 18.3 Å². The zero-order valence-electron chi connectivity index (χ0n) is 12.5. The highest BCUT2D eigenvalue weighted by atomic mass is 19.1. The fourth-order valence-corrected chi connectivity index (χ4v) is 2.44. The van der Waals surface area contributed by atoms with E-state index in [0.29, 0.717) is 24.0 Å². The fraction of sp³-hybridized carbons (Fsp3) is 0.375. The minimum Gasteiger partial charge on any atom is -0.358 e. The lowest BCUT2D eigenvalue weighted by Crippen LogP contribution is -2.36. The van der Waals surface area contributed by atoms with E-state index in [0.717, 1.165) is 6.42 Å². The number of rotatable bonds is 5. The van der Waals surface area contributed by atoms with Crippen molar-refractivity contribution < 1.29 is 14.0 Å². The number of carbonyl (C=O) groups excluding carboxylic acids is 2. The number of carbonyl (C=O) groups is 2. The Morgan fingerprint density at radius 3 is 2.62 bits per heavy atom. The van der Waals surface area contributed by atoms with Crippen molar-refractivity contribution in [3.05, 3.63) is 35.3 Å². The smallest absolute Gasteiger partial charge is 0.295 e. The van der Waals surface area contributed by atoms with E-state index in [-0.39, 0.29) is 11.1 Å². The van der Waals surface area contributed by atoms with Crippen molar-refractivity contribution in [1.29, 1.82) is 0 Å². The van der Waals surface area contributed by atoms with E-state index in [4.69, 9.17) is 0 Å². The van der Waals surface area contributed by atoms with E-state index in [9.17, 15) is 14.0 Å². The van der Waals surface area contributed by atoms with E-state index < -0.39 is 17.5 Å². The molecule has 0 aliphatic rings. The Labute approximate surface area is 122 Å². The number of aromatic amines is 1. The first kappa shape index (κ1) is 15.2. The molecule has 1 amide bonds. The molecule has 5 heteroatoms. The van der Waals surface area contributed by atoms with Crippen LogP contribution < -0.4 is 0 Å². The van der Waals surface area contributed by atoms with Gasteiger partial charge < -0.3 is 9.88 Å². The third kappa shape index (κ3) is 2.82. The van der Waals surface area contributed by atoms with E-state index in [1.807, 2.05) is 13.8 Å². The Morgan fingerprint density at radius 1 is 1.29 bits per heavy atom. The van der Waals surface area contributed by atoms with Gasteiger partial charge in [0.25, 0.3) is 11.7 Å². The molecule has 0 fully saturated rings. The Balaban J connectivity index is 2.42. The maximum atomic E-state index is 13.8. The molecule has 4 nitrogen and oxygen atoms in total. The van der Waals surface area contributed by atoms with Gasteiger partial charge in [0.2, 0.25) is 0 Å². The second kappa shape index (κ2) is 6.08. The molecule has 0 saturated carbocycles. The number of fused-ring (bicyclic) bond motifs is 1. The first-order valence-corrected chi connectivity index (χ1v) is 7.10.